The van der Waals surface area contributed by atoms with Crippen molar-refractivity contribution in [2.45, 2.75) is 26.7 Å². The second kappa shape index (κ2) is 7.38. The molecule has 0 saturated heterocycles. The van der Waals surface area contributed by atoms with Crippen molar-refractivity contribution >= 4 is 22.9 Å². The van der Waals surface area contributed by atoms with Gasteiger partial charge in [0.15, 0.2) is 0 Å². The predicted molar refractivity (Wildman–Crippen MR) is 92.4 cm³/mol. The molecule has 0 saturated carbocycles. The lowest BCUT2D eigenvalue weighted by Gasteiger charge is -2.20. The Labute approximate surface area is 136 Å². The van der Waals surface area contributed by atoms with Crippen LogP contribution >= 0.6 is 0 Å². The molecule has 1 aromatic heterocycles. The molecule has 23 heavy (non-hydrogen) atoms. The van der Waals surface area contributed by atoms with Crippen LogP contribution in [0, 0.1) is 5.41 Å². The molecule has 0 spiro atoms. The van der Waals surface area contributed by atoms with Gasteiger partial charge in [-0.2, -0.15) is 0 Å². The Bertz CT molecular complexity index is 724. The summed E-state index contributed by atoms with van der Waals surface area (Å²) < 4.78 is 5.02. The van der Waals surface area contributed by atoms with E-state index >= 15 is 0 Å². The number of hydrogen-bond donors (Lipinski definition) is 1. The Morgan fingerprint density at radius 3 is 2.74 bits per heavy atom. The molecule has 0 bridgehead atoms. The smallest absolute Gasteiger partial charge is 0.313 e. The number of nitrogens with zero attached hydrogens (tertiary/aromatic N) is 1. The molecule has 2 rings (SSSR count). The average molecular weight is 313 g/mol. The maximum absolute atomic E-state index is 11.5. The first-order valence-corrected chi connectivity index (χ1v) is 7.80. The third-order valence-electron chi connectivity index (χ3n) is 4.09. The predicted octanol–water partition coefficient (Wildman–Crippen LogP) is 3.94. The molecule has 0 fully saturated rings. The van der Waals surface area contributed by atoms with Crippen LogP contribution in [0.2, 0.25) is 0 Å². The number of aromatic nitrogens is 1. The van der Waals surface area contributed by atoms with Gasteiger partial charge in [0.1, 0.15) is 0 Å². The van der Waals surface area contributed by atoms with Crippen LogP contribution in [0.25, 0.3) is 17.0 Å². The summed E-state index contributed by atoms with van der Waals surface area (Å²) in [7, 11) is 1.58. The highest BCUT2D eigenvalue weighted by Crippen LogP contribution is 2.26. The Balaban J connectivity index is 2.30. The zero-order valence-corrected chi connectivity index (χ0v) is 13.9. The molecule has 0 aliphatic heterocycles. The fraction of sp³-hybridized carbons (Fsp3) is 0.368. The normalized spacial score (nSPS) is 14.2. The molecule has 1 unspecified atom stereocenters. The van der Waals surface area contributed by atoms with Crippen molar-refractivity contribution in [1.29, 1.82) is 0 Å². The summed E-state index contributed by atoms with van der Waals surface area (Å²) >= 11 is 0. The molecule has 1 heterocycles. The number of aryl methyl sites for hydroxylation is 1. The molecule has 1 aromatic carbocycles. The van der Waals surface area contributed by atoms with Crippen molar-refractivity contribution in [2.24, 2.45) is 5.41 Å². The number of pyridine rings is 1. The van der Waals surface area contributed by atoms with Crippen molar-refractivity contribution < 1.29 is 14.6 Å². The van der Waals surface area contributed by atoms with Gasteiger partial charge < -0.3 is 9.84 Å². The second-order valence-corrected chi connectivity index (χ2v) is 5.91. The molecule has 0 aliphatic rings. The van der Waals surface area contributed by atoms with Crippen LogP contribution in [0.5, 0.6) is 0 Å². The zero-order chi connectivity index (χ0) is 16.9. The zero-order valence-electron chi connectivity index (χ0n) is 13.9. The topological polar surface area (TPSA) is 59.4 Å². The van der Waals surface area contributed by atoms with Crippen molar-refractivity contribution in [3.05, 3.63) is 47.7 Å². The largest absolute Gasteiger partial charge is 0.481 e. The highest BCUT2D eigenvalue weighted by molar-refractivity contribution is 5.82. The maximum atomic E-state index is 11.5. The molecule has 1 atom stereocenters. The van der Waals surface area contributed by atoms with Gasteiger partial charge in [-0.1, -0.05) is 37.3 Å². The van der Waals surface area contributed by atoms with E-state index in [0.29, 0.717) is 13.0 Å². The van der Waals surface area contributed by atoms with Gasteiger partial charge in [0.05, 0.1) is 10.9 Å². The van der Waals surface area contributed by atoms with Crippen molar-refractivity contribution in [1.82, 2.24) is 4.98 Å². The minimum Gasteiger partial charge on any atom is -0.481 e. The number of hydrogen-bond acceptors (Lipinski definition) is 3. The van der Waals surface area contributed by atoms with Gasteiger partial charge in [-0.25, -0.2) is 0 Å². The van der Waals surface area contributed by atoms with Gasteiger partial charge >= 0.3 is 5.97 Å². The number of carboxylic acids is 1. The van der Waals surface area contributed by atoms with E-state index in [-0.39, 0.29) is 0 Å². The molecule has 4 heteroatoms. The lowest BCUT2D eigenvalue weighted by Crippen LogP contribution is -2.26. The lowest BCUT2D eigenvalue weighted by molar-refractivity contribution is -0.145. The SMILES string of the molecule is CCc1ccc2ccc(/C=C/C(C)(CCOC)C(=O)O)cc2n1. The van der Waals surface area contributed by atoms with Crippen LogP contribution in [-0.4, -0.2) is 29.8 Å². The minimum absolute atomic E-state index is 0.409. The highest BCUT2D eigenvalue weighted by Gasteiger charge is 2.29. The third kappa shape index (κ3) is 4.17. The van der Waals surface area contributed by atoms with Crippen LogP contribution < -0.4 is 0 Å². The summed E-state index contributed by atoms with van der Waals surface area (Å²) in [5, 5.41) is 10.5. The summed E-state index contributed by atoms with van der Waals surface area (Å²) in [4.78, 5) is 16.1. The molecule has 0 amide bonds. The molecule has 1 N–H and O–H groups in total. The fourth-order valence-corrected chi connectivity index (χ4v) is 2.33. The summed E-state index contributed by atoms with van der Waals surface area (Å²) in [6, 6.07) is 10.1. The molecular formula is C19H23NO3. The van der Waals surface area contributed by atoms with Crippen LogP contribution in [0.1, 0.15) is 31.5 Å². The Kier molecular flexibility index (Phi) is 5.50. The fourth-order valence-electron chi connectivity index (χ4n) is 2.33. The van der Waals surface area contributed by atoms with Gasteiger partial charge in [0.2, 0.25) is 0 Å². The summed E-state index contributed by atoms with van der Waals surface area (Å²) in [5.41, 5.74) is 1.99. The van der Waals surface area contributed by atoms with E-state index in [1.54, 1.807) is 20.1 Å². The van der Waals surface area contributed by atoms with E-state index in [1.165, 1.54) is 0 Å². The summed E-state index contributed by atoms with van der Waals surface area (Å²) in [6.07, 6.45) is 4.91. The molecular weight excluding hydrogens is 290 g/mol. The van der Waals surface area contributed by atoms with E-state index < -0.39 is 11.4 Å². The monoisotopic (exact) mass is 313 g/mol. The van der Waals surface area contributed by atoms with E-state index in [1.807, 2.05) is 30.3 Å². The molecule has 2 aromatic rings. The highest BCUT2D eigenvalue weighted by atomic mass is 16.5. The quantitative estimate of drug-likeness (QED) is 0.841. The Morgan fingerprint density at radius 2 is 2.09 bits per heavy atom. The van der Waals surface area contributed by atoms with Crippen molar-refractivity contribution in [3.63, 3.8) is 0 Å². The number of benzene rings is 1. The number of carboxylic acid groups (broad SMARTS) is 1. The van der Waals surface area contributed by atoms with Gasteiger partial charge in [-0.05, 0) is 37.5 Å². The number of carbonyl (C=O) groups is 1. The first-order valence-electron chi connectivity index (χ1n) is 7.80. The molecule has 4 nitrogen and oxygen atoms in total. The lowest BCUT2D eigenvalue weighted by atomic mass is 9.86. The van der Waals surface area contributed by atoms with Crippen LogP contribution in [0.3, 0.4) is 0 Å². The van der Waals surface area contributed by atoms with Crippen LogP contribution in [-0.2, 0) is 16.0 Å². The third-order valence-corrected chi connectivity index (χ3v) is 4.09. The minimum atomic E-state index is -0.941. The Morgan fingerprint density at radius 1 is 1.35 bits per heavy atom. The Hall–Kier alpha value is -2.20. The number of methoxy groups -OCH3 is 1. The molecule has 0 aliphatic carbocycles. The van der Waals surface area contributed by atoms with E-state index in [0.717, 1.165) is 28.6 Å². The number of rotatable bonds is 7. The van der Waals surface area contributed by atoms with Gasteiger partial charge in [-0.3, -0.25) is 9.78 Å². The summed E-state index contributed by atoms with van der Waals surface area (Å²) in [5.74, 6) is -0.849. The van der Waals surface area contributed by atoms with Crippen molar-refractivity contribution in [3.8, 4) is 0 Å². The van der Waals surface area contributed by atoms with Crippen molar-refractivity contribution in [2.75, 3.05) is 13.7 Å². The van der Waals surface area contributed by atoms with Gasteiger partial charge in [-0.15, -0.1) is 0 Å². The van der Waals surface area contributed by atoms with Crippen LogP contribution in [0.4, 0.5) is 0 Å². The van der Waals surface area contributed by atoms with Gasteiger partial charge in [0, 0.05) is 24.8 Å². The number of aliphatic carboxylic acids is 1. The first kappa shape index (κ1) is 17.2. The number of fused-ring (bicyclic) bond motifs is 1. The molecule has 122 valence electrons. The van der Waals surface area contributed by atoms with E-state index in [4.69, 9.17) is 4.74 Å². The standard InChI is InChI=1S/C19H23NO3/c1-4-16-8-7-15-6-5-14(13-17(15)20-16)9-10-19(2,18(21)22)11-12-23-3/h5-10,13H,4,11-12H2,1-3H3,(H,21,22)/b10-9+. The maximum Gasteiger partial charge on any atom is 0.313 e. The number of ether oxygens (including phenoxy) is 1. The second-order valence-electron chi connectivity index (χ2n) is 5.91. The first-order chi connectivity index (χ1) is 11.0. The van der Waals surface area contributed by atoms with Gasteiger partial charge in [0.25, 0.3) is 0 Å². The van der Waals surface area contributed by atoms with E-state index in [2.05, 4.69) is 18.0 Å². The van der Waals surface area contributed by atoms with Crippen LogP contribution in [0.15, 0.2) is 36.4 Å². The molecule has 0 radical (unpaired) electrons. The summed E-state index contributed by atoms with van der Waals surface area (Å²) in [6.45, 7) is 4.19. The average Bonchev–Trinajstić information content (AvgIpc) is 2.57. The van der Waals surface area contributed by atoms with E-state index in [9.17, 15) is 9.90 Å².